The molecule has 0 bridgehead atoms. The van der Waals surface area contributed by atoms with E-state index in [1.54, 1.807) is 30.3 Å². The highest BCUT2D eigenvalue weighted by Crippen LogP contribution is 2.39. The number of benzene rings is 2. The van der Waals surface area contributed by atoms with Crippen molar-refractivity contribution in [3.8, 4) is 11.5 Å². The van der Waals surface area contributed by atoms with Crippen LogP contribution in [0.3, 0.4) is 0 Å². The Bertz CT molecular complexity index is 1440. The van der Waals surface area contributed by atoms with Crippen LogP contribution in [0.5, 0.6) is 11.5 Å². The van der Waals surface area contributed by atoms with E-state index in [0.717, 1.165) is 12.1 Å². The molecule has 12 nitrogen and oxygen atoms in total. The number of ether oxygens (including phenoxy) is 3. The maximum atomic E-state index is 13.4. The topological polar surface area (TPSA) is 147 Å². The summed E-state index contributed by atoms with van der Waals surface area (Å²) in [5.74, 6) is 1.04. The molecule has 5 rings (SSSR count). The lowest BCUT2D eigenvalue weighted by atomic mass is 9.88. The van der Waals surface area contributed by atoms with E-state index in [1.165, 1.54) is 23.5 Å². The number of likely N-dealkylation sites (N-methyl/N-ethyl adjacent to an activating group) is 1. The Morgan fingerprint density at radius 2 is 1.88 bits per heavy atom. The van der Waals surface area contributed by atoms with Crippen molar-refractivity contribution >= 4 is 25.7 Å². The summed E-state index contributed by atoms with van der Waals surface area (Å²) in [4.78, 5) is 2.35. The normalized spacial score (nSPS) is 21.8. The minimum atomic E-state index is -3.65. The molecule has 3 aliphatic heterocycles. The van der Waals surface area contributed by atoms with Gasteiger partial charge in [-0.1, -0.05) is 6.07 Å². The van der Waals surface area contributed by atoms with E-state index in [2.05, 4.69) is 10.0 Å². The van der Waals surface area contributed by atoms with Gasteiger partial charge in [0, 0.05) is 38.8 Å². The summed E-state index contributed by atoms with van der Waals surface area (Å²) in [5, 5.41) is 13.8. The fourth-order valence-corrected chi connectivity index (χ4v) is 7.73. The molecule has 2 aromatic carbocycles. The largest absolute Gasteiger partial charge is 0.491 e. The minimum Gasteiger partial charge on any atom is -0.491 e. The van der Waals surface area contributed by atoms with Gasteiger partial charge in [0.1, 0.15) is 30.8 Å². The van der Waals surface area contributed by atoms with Crippen molar-refractivity contribution < 1.29 is 36.2 Å². The molecule has 3 N–H and O–H groups in total. The quantitative estimate of drug-likeness (QED) is 0.353. The number of piperidine rings is 1. The third-order valence-corrected chi connectivity index (χ3v) is 11.3. The second-order valence-electron chi connectivity index (χ2n) is 10.8. The highest BCUT2D eigenvalue weighted by Gasteiger charge is 2.45. The van der Waals surface area contributed by atoms with E-state index in [1.807, 2.05) is 11.9 Å². The highest BCUT2D eigenvalue weighted by atomic mass is 32.2. The first-order valence-electron chi connectivity index (χ1n) is 13.7. The predicted molar refractivity (Wildman–Crippen MR) is 152 cm³/mol. The summed E-state index contributed by atoms with van der Waals surface area (Å²) in [6.45, 7) is 2.76. The molecule has 1 unspecified atom stereocenters. The minimum absolute atomic E-state index is 0.00773. The number of fused-ring (bicyclic) bond motifs is 1. The Morgan fingerprint density at radius 3 is 2.63 bits per heavy atom. The van der Waals surface area contributed by atoms with Crippen molar-refractivity contribution in [3.05, 3.63) is 42.5 Å². The van der Waals surface area contributed by atoms with Crippen LogP contribution in [0, 0.1) is 0 Å². The maximum absolute atomic E-state index is 13.4. The van der Waals surface area contributed by atoms with E-state index < -0.39 is 31.8 Å². The van der Waals surface area contributed by atoms with Crippen LogP contribution in [0.4, 0.5) is 5.69 Å². The second kappa shape index (κ2) is 12.0. The molecular weight excluding hydrogens is 572 g/mol. The molecule has 0 amide bonds. The number of hydrogen-bond acceptors (Lipinski definition) is 10. The van der Waals surface area contributed by atoms with Crippen LogP contribution in [0.15, 0.2) is 52.3 Å². The summed E-state index contributed by atoms with van der Waals surface area (Å²) in [7, 11) is -3.97. The Morgan fingerprint density at radius 1 is 1.10 bits per heavy atom. The van der Waals surface area contributed by atoms with Crippen molar-refractivity contribution in [2.24, 2.45) is 0 Å². The number of anilines is 1. The first-order valence-corrected chi connectivity index (χ1v) is 16.6. The van der Waals surface area contributed by atoms with E-state index in [-0.39, 0.29) is 29.0 Å². The van der Waals surface area contributed by atoms with Crippen molar-refractivity contribution in [1.82, 2.24) is 14.3 Å². The lowest BCUT2D eigenvalue weighted by molar-refractivity contribution is -0.0312. The van der Waals surface area contributed by atoms with Crippen LogP contribution in [-0.2, 0) is 24.8 Å². The molecule has 2 aromatic rings. The fourth-order valence-electron chi connectivity index (χ4n) is 5.50. The van der Waals surface area contributed by atoms with Gasteiger partial charge in [0.2, 0.25) is 20.0 Å². The Labute approximate surface area is 241 Å². The molecule has 0 saturated carbocycles. The standard InChI is InChI=1S/C27H38N4O8S2/c1-28-40(33,34)23-5-3-4-22(14-23)38-19-21(32)17-29-20-16-27(39-18-20)8-10-31(11-9-27)41(35,36)24-6-7-26-25(15-24)30(2)12-13-37-26/h3-7,14-15,20-21,28-29,32H,8-13,16-19H2,1-2H3/t20-,21?/m1/s1. The second-order valence-corrected chi connectivity index (χ2v) is 14.6. The van der Waals surface area contributed by atoms with Gasteiger partial charge in [0.05, 0.1) is 34.2 Å². The molecule has 226 valence electrons. The number of nitrogens with one attached hydrogen (secondary N) is 2. The van der Waals surface area contributed by atoms with Crippen LogP contribution in [0.1, 0.15) is 19.3 Å². The van der Waals surface area contributed by atoms with E-state index in [9.17, 15) is 21.9 Å². The number of hydrogen-bond donors (Lipinski definition) is 3. The van der Waals surface area contributed by atoms with Crippen LogP contribution in [0.2, 0.25) is 0 Å². The summed E-state index contributed by atoms with van der Waals surface area (Å²) in [6, 6.07) is 11.1. The molecule has 2 saturated heterocycles. The first kappa shape index (κ1) is 30.0. The molecule has 3 heterocycles. The van der Waals surface area contributed by atoms with Gasteiger partial charge in [-0.15, -0.1) is 0 Å². The van der Waals surface area contributed by atoms with Gasteiger partial charge < -0.3 is 29.5 Å². The summed E-state index contributed by atoms with van der Waals surface area (Å²) in [6.07, 6.45) is 1.09. The van der Waals surface area contributed by atoms with Crippen LogP contribution >= 0.6 is 0 Å². The molecule has 14 heteroatoms. The first-order chi connectivity index (χ1) is 19.5. The van der Waals surface area contributed by atoms with Gasteiger partial charge in [-0.3, -0.25) is 0 Å². The van der Waals surface area contributed by atoms with Gasteiger partial charge >= 0.3 is 0 Å². The molecule has 3 aliphatic rings. The Balaban J connectivity index is 1.09. The zero-order valence-corrected chi connectivity index (χ0v) is 24.9. The number of rotatable bonds is 10. The van der Waals surface area contributed by atoms with E-state index >= 15 is 0 Å². The van der Waals surface area contributed by atoms with Gasteiger partial charge in [0.25, 0.3) is 0 Å². The molecule has 0 aliphatic carbocycles. The van der Waals surface area contributed by atoms with Gasteiger partial charge in [-0.05, 0) is 56.6 Å². The number of aliphatic hydroxyl groups excluding tert-OH is 1. The number of aliphatic hydroxyl groups is 1. The SMILES string of the molecule is CNS(=O)(=O)c1cccc(OCC(O)CN[C@H]2COC3(CCN(S(=O)(=O)c4ccc5c(c4)N(C)CCO5)CC3)C2)c1. The lowest BCUT2D eigenvalue weighted by Gasteiger charge is -2.38. The van der Waals surface area contributed by atoms with Gasteiger partial charge in [-0.2, -0.15) is 4.31 Å². The summed E-state index contributed by atoms with van der Waals surface area (Å²) < 4.78 is 72.0. The molecule has 2 atom stereocenters. The molecule has 2 fully saturated rings. The highest BCUT2D eigenvalue weighted by molar-refractivity contribution is 7.89. The lowest BCUT2D eigenvalue weighted by Crippen LogP contribution is -2.47. The molecule has 0 aromatic heterocycles. The molecule has 1 spiro atoms. The Hall–Kier alpha value is -2.46. The average Bonchev–Trinajstić information content (AvgIpc) is 3.37. The van der Waals surface area contributed by atoms with Crippen molar-refractivity contribution in [1.29, 1.82) is 0 Å². The van der Waals surface area contributed by atoms with Gasteiger partial charge in [-0.25, -0.2) is 21.6 Å². The fraction of sp³-hybridized carbons (Fsp3) is 0.556. The van der Waals surface area contributed by atoms with Crippen molar-refractivity contribution in [2.75, 3.05) is 65.0 Å². The van der Waals surface area contributed by atoms with Crippen molar-refractivity contribution in [3.63, 3.8) is 0 Å². The van der Waals surface area contributed by atoms with E-state index in [0.29, 0.717) is 57.2 Å². The van der Waals surface area contributed by atoms with Crippen LogP contribution in [-0.4, -0.2) is 104 Å². The van der Waals surface area contributed by atoms with Crippen molar-refractivity contribution in [2.45, 2.75) is 46.8 Å². The third-order valence-electron chi connectivity index (χ3n) is 7.98. The molecule has 0 radical (unpaired) electrons. The smallest absolute Gasteiger partial charge is 0.243 e. The van der Waals surface area contributed by atoms with Gasteiger partial charge in [0.15, 0.2) is 0 Å². The average molecular weight is 611 g/mol. The zero-order chi connectivity index (χ0) is 29.3. The number of nitrogens with zero attached hydrogens (tertiary/aromatic N) is 2. The molecular formula is C27H38N4O8S2. The summed E-state index contributed by atoms with van der Waals surface area (Å²) >= 11 is 0. The number of sulfonamides is 2. The summed E-state index contributed by atoms with van der Waals surface area (Å²) in [5.41, 5.74) is 0.385. The van der Waals surface area contributed by atoms with Crippen LogP contribution in [0.25, 0.3) is 0 Å². The zero-order valence-electron chi connectivity index (χ0n) is 23.3. The van der Waals surface area contributed by atoms with E-state index in [4.69, 9.17) is 14.2 Å². The molecule has 41 heavy (non-hydrogen) atoms. The van der Waals surface area contributed by atoms with Crippen LogP contribution < -0.4 is 24.4 Å². The Kier molecular flexibility index (Phi) is 8.81. The predicted octanol–water partition coefficient (Wildman–Crippen LogP) is 0.765. The maximum Gasteiger partial charge on any atom is 0.243 e. The monoisotopic (exact) mass is 610 g/mol. The third kappa shape index (κ3) is 6.63.